The van der Waals surface area contributed by atoms with Gasteiger partial charge in [-0.3, -0.25) is 0 Å². The maximum absolute atomic E-state index is 5.74. The molecular formula is C12H20N2O2. The molecule has 2 atom stereocenters. The first kappa shape index (κ1) is 11.6. The van der Waals surface area contributed by atoms with Gasteiger partial charge in [0.15, 0.2) is 0 Å². The quantitative estimate of drug-likeness (QED) is 0.705. The molecule has 1 saturated heterocycles. The Hall–Kier alpha value is -0.840. The molecule has 1 aromatic rings. The summed E-state index contributed by atoms with van der Waals surface area (Å²) in [5, 5.41) is 3.38. The molecule has 90 valence electrons. The van der Waals surface area contributed by atoms with E-state index in [2.05, 4.69) is 5.32 Å². The maximum atomic E-state index is 5.74. The van der Waals surface area contributed by atoms with Crippen molar-refractivity contribution in [2.24, 2.45) is 5.73 Å². The lowest BCUT2D eigenvalue weighted by molar-refractivity contribution is 0.0506. The van der Waals surface area contributed by atoms with E-state index in [0.717, 1.165) is 38.1 Å². The van der Waals surface area contributed by atoms with Crippen molar-refractivity contribution in [2.45, 2.75) is 31.5 Å². The van der Waals surface area contributed by atoms with E-state index in [9.17, 15) is 0 Å². The zero-order valence-corrected chi connectivity index (χ0v) is 9.52. The highest BCUT2D eigenvalue weighted by atomic mass is 16.5. The lowest BCUT2D eigenvalue weighted by Gasteiger charge is -2.12. The Kier molecular flexibility index (Phi) is 4.39. The molecule has 0 aromatic carbocycles. The van der Waals surface area contributed by atoms with Crippen molar-refractivity contribution >= 4 is 0 Å². The van der Waals surface area contributed by atoms with Gasteiger partial charge in [0, 0.05) is 26.1 Å². The molecule has 2 unspecified atom stereocenters. The molecule has 2 heterocycles. The molecule has 1 aliphatic heterocycles. The van der Waals surface area contributed by atoms with Crippen LogP contribution in [0.2, 0.25) is 0 Å². The normalized spacial score (nSPS) is 25.1. The van der Waals surface area contributed by atoms with Gasteiger partial charge in [0.25, 0.3) is 0 Å². The second kappa shape index (κ2) is 6.03. The smallest absolute Gasteiger partial charge is 0.105 e. The second-order valence-electron chi connectivity index (χ2n) is 4.23. The summed E-state index contributed by atoms with van der Waals surface area (Å²) in [5.41, 5.74) is 5.56. The average molecular weight is 224 g/mol. The molecule has 0 saturated carbocycles. The molecular weight excluding hydrogens is 204 g/mol. The van der Waals surface area contributed by atoms with Crippen LogP contribution in [0, 0.1) is 0 Å². The fourth-order valence-electron chi connectivity index (χ4n) is 2.03. The minimum Gasteiger partial charge on any atom is -0.469 e. The van der Waals surface area contributed by atoms with Crippen LogP contribution < -0.4 is 11.1 Å². The van der Waals surface area contributed by atoms with E-state index >= 15 is 0 Å². The summed E-state index contributed by atoms with van der Waals surface area (Å²) in [6.07, 6.45) is 5.47. The third kappa shape index (κ3) is 3.33. The number of furan rings is 1. The van der Waals surface area contributed by atoms with Crippen molar-refractivity contribution in [3.8, 4) is 0 Å². The SMILES string of the molecule is NCC1CCC(CNCCc2ccco2)O1. The molecule has 1 aromatic heterocycles. The van der Waals surface area contributed by atoms with Crippen LogP contribution >= 0.6 is 0 Å². The van der Waals surface area contributed by atoms with Gasteiger partial charge in [-0.25, -0.2) is 0 Å². The third-order valence-electron chi connectivity index (χ3n) is 2.96. The van der Waals surface area contributed by atoms with Crippen LogP contribution in [0.4, 0.5) is 0 Å². The lowest BCUT2D eigenvalue weighted by atomic mass is 10.2. The summed E-state index contributed by atoms with van der Waals surface area (Å²) >= 11 is 0. The van der Waals surface area contributed by atoms with Gasteiger partial charge in [-0.15, -0.1) is 0 Å². The summed E-state index contributed by atoms with van der Waals surface area (Å²) in [6.45, 7) is 2.49. The second-order valence-corrected chi connectivity index (χ2v) is 4.23. The van der Waals surface area contributed by atoms with Gasteiger partial charge in [-0.05, 0) is 25.0 Å². The highest BCUT2D eigenvalue weighted by Gasteiger charge is 2.23. The standard InChI is InChI=1S/C12H20N2O2/c13-8-11-3-4-12(16-11)9-14-6-5-10-2-1-7-15-10/h1-2,7,11-12,14H,3-6,8-9,13H2. The molecule has 0 spiro atoms. The Labute approximate surface area is 96.1 Å². The maximum Gasteiger partial charge on any atom is 0.105 e. The van der Waals surface area contributed by atoms with E-state index in [-0.39, 0.29) is 6.10 Å². The van der Waals surface area contributed by atoms with Gasteiger partial charge >= 0.3 is 0 Å². The van der Waals surface area contributed by atoms with Crippen molar-refractivity contribution < 1.29 is 9.15 Å². The number of hydrogen-bond donors (Lipinski definition) is 2. The van der Waals surface area contributed by atoms with E-state index in [1.165, 1.54) is 0 Å². The zero-order valence-electron chi connectivity index (χ0n) is 9.52. The highest BCUT2D eigenvalue weighted by molar-refractivity contribution is 4.98. The summed E-state index contributed by atoms with van der Waals surface area (Å²) < 4.78 is 11.0. The minimum absolute atomic E-state index is 0.275. The fraction of sp³-hybridized carbons (Fsp3) is 0.667. The Morgan fingerprint density at radius 3 is 2.94 bits per heavy atom. The number of nitrogens with two attached hydrogens (primary N) is 1. The van der Waals surface area contributed by atoms with Crippen LogP contribution in [0.5, 0.6) is 0 Å². The molecule has 16 heavy (non-hydrogen) atoms. The van der Waals surface area contributed by atoms with Crippen LogP contribution in [0.3, 0.4) is 0 Å². The van der Waals surface area contributed by atoms with Crippen LogP contribution in [-0.2, 0) is 11.2 Å². The average Bonchev–Trinajstić information content (AvgIpc) is 2.95. The van der Waals surface area contributed by atoms with Gasteiger partial charge in [0.2, 0.25) is 0 Å². The van der Waals surface area contributed by atoms with Crippen LogP contribution in [-0.4, -0.2) is 31.8 Å². The molecule has 0 bridgehead atoms. The van der Waals surface area contributed by atoms with E-state index in [0.29, 0.717) is 12.6 Å². The van der Waals surface area contributed by atoms with Gasteiger partial charge in [0.05, 0.1) is 18.5 Å². The topological polar surface area (TPSA) is 60.4 Å². The predicted octanol–water partition coefficient (Wildman–Crippen LogP) is 0.918. The van der Waals surface area contributed by atoms with Crippen molar-refractivity contribution in [1.82, 2.24) is 5.32 Å². The first-order valence-corrected chi connectivity index (χ1v) is 5.97. The van der Waals surface area contributed by atoms with Crippen molar-refractivity contribution in [1.29, 1.82) is 0 Å². The van der Waals surface area contributed by atoms with Gasteiger partial charge in [-0.1, -0.05) is 0 Å². The number of rotatable bonds is 6. The number of ether oxygens (including phenoxy) is 1. The molecule has 0 amide bonds. The Morgan fingerprint density at radius 2 is 2.25 bits per heavy atom. The lowest BCUT2D eigenvalue weighted by Crippen LogP contribution is -2.30. The fourth-order valence-corrected chi connectivity index (χ4v) is 2.03. The predicted molar refractivity (Wildman–Crippen MR) is 62.2 cm³/mol. The Balaban J connectivity index is 1.55. The van der Waals surface area contributed by atoms with Crippen LogP contribution in [0.25, 0.3) is 0 Å². The Morgan fingerprint density at radius 1 is 1.38 bits per heavy atom. The summed E-state index contributed by atoms with van der Waals surface area (Å²) in [7, 11) is 0. The van der Waals surface area contributed by atoms with E-state index in [1.54, 1.807) is 6.26 Å². The first-order valence-electron chi connectivity index (χ1n) is 5.97. The third-order valence-corrected chi connectivity index (χ3v) is 2.96. The van der Waals surface area contributed by atoms with Gasteiger partial charge < -0.3 is 20.2 Å². The molecule has 4 nitrogen and oxygen atoms in total. The van der Waals surface area contributed by atoms with Crippen LogP contribution in [0.1, 0.15) is 18.6 Å². The van der Waals surface area contributed by atoms with E-state index < -0.39 is 0 Å². The highest BCUT2D eigenvalue weighted by Crippen LogP contribution is 2.17. The monoisotopic (exact) mass is 224 g/mol. The largest absolute Gasteiger partial charge is 0.469 e. The molecule has 3 N–H and O–H groups in total. The van der Waals surface area contributed by atoms with E-state index in [1.807, 2.05) is 12.1 Å². The first-order chi connectivity index (χ1) is 7.88. The molecule has 0 radical (unpaired) electrons. The van der Waals surface area contributed by atoms with Crippen molar-refractivity contribution in [3.05, 3.63) is 24.2 Å². The summed E-state index contributed by atoms with van der Waals surface area (Å²) in [4.78, 5) is 0. The van der Waals surface area contributed by atoms with Gasteiger partial charge in [0.1, 0.15) is 5.76 Å². The molecule has 1 fully saturated rings. The number of hydrogen-bond acceptors (Lipinski definition) is 4. The Bertz CT molecular complexity index is 287. The number of nitrogens with one attached hydrogen (secondary N) is 1. The summed E-state index contributed by atoms with van der Waals surface area (Å²) in [6, 6.07) is 3.92. The van der Waals surface area contributed by atoms with Crippen molar-refractivity contribution in [3.63, 3.8) is 0 Å². The molecule has 2 rings (SSSR count). The van der Waals surface area contributed by atoms with Crippen molar-refractivity contribution in [2.75, 3.05) is 19.6 Å². The van der Waals surface area contributed by atoms with E-state index in [4.69, 9.17) is 14.9 Å². The molecule has 4 heteroatoms. The summed E-state index contributed by atoms with van der Waals surface area (Å²) in [5.74, 6) is 1.03. The zero-order chi connectivity index (χ0) is 11.2. The minimum atomic E-state index is 0.275. The molecule has 1 aliphatic rings. The van der Waals surface area contributed by atoms with Gasteiger partial charge in [-0.2, -0.15) is 0 Å². The van der Waals surface area contributed by atoms with Crippen LogP contribution in [0.15, 0.2) is 22.8 Å². The molecule has 0 aliphatic carbocycles.